The highest BCUT2D eigenvalue weighted by atomic mass is 15.4. The molecular formula is C24H22N4. The van der Waals surface area contributed by atoms with Gasteiger partial charge in [0.1, 0.15) is 5.52 Å². The van der Waals surface area contributed by atoms with Crippen molar-refractivity contribution < 1.29 is 0 Å². The molecular weight excluding hydrogens is 344 g/mol. The predicted octanol–water partition coefficient (Wildman–Crippen LogP) is 4.57. The predicted molar refractivity (Wildman–Crippen MR) is 112 cm³/mol. The molecule has 4 heteroatoms. The summed E-state index contributed by atoms with van der Waals surface area (Å²) in [5.74, 6) is 0.340. The smallest absolute Gasteiger partial charge is 0.113 e. The van der Waals surface area contributed by atoms with Crippen LogP contribution in [-0.2, 0) is 6.42 Å². The normalized spacial score (nSPS) is 20.9. The van der Waals surface area contributed by atoms with Gasteiger partial charge in [-0.05, 0) is 36.1 Å². The fourth-order valence-corrected chi connectivity index (χ4v) is 5.13. The molecule has 0 spiro atoms. The average Bonchev–Trinajstić information content (AvgIpc) is 3.18. The molecule has 1 aromatic heterocycles. The van der Waals surface area contributed by atoms with Crippen molar-refractivity contribution in [3.8, 4) is 0 Å². The molecule has 0 aliphatic carbocycles. The van der Waals surface area contributed by atoms with Crippen molar-refractivity contribution in [2.45, 2.75) is 24.8 Å². The number of para-hydroxylation sites is 2. The quantitative estimate of drug-likeness (QED) is 0.521. The Kier molecular flexibility index (Phi) is 3.51. The monoisotopic (exact) mass is 366 g/mol. The number of anilines is 1. The molecule has 0 unspecified atom stereocenters. The lowest BCUT2D eigenvalue weighted by Crippen LogP contribution is -2.42. The van der Waals surface area contributed by atoms with Crippen molar-refractivity contribution >= 4 is 16.7 Å². The van der Waals surface area contributed by atoms with Crippen molar-refractivity contribution in [2.75, 3.05) is 18.0 Å². The SMILES string of the molecule is c1ccc([C@@H]2CN3CCCc4cccc(c43)[C@@H]2n2nnc3ccccc32)cc1. The van der Waals surface area contributed by atoms with Gasteiger partial charge in [-0.1, -0.05) is 65.9 Å². The highest BCUT2D eigenvalue weighted by Crippen LogP contribution is 2.47. The lowest BCUT2D eigenvalue weighted by molar-refractivity contribution is 0.409. The summed E-state index contributed by atoms with van der Waals surface area (Å²) in [7, 11) is 0. The molecule has 0 bridgehead atoms. The Labute approximate surface area is 164 Å². The minimum absolute atomic E-state index is 0.152. The van der Waals surface area contributed by atoms with Crippen LogP contribution in [0.1, 0.15) is 35.1 Å². The minimum atomic E-state index is 0.152. The van der Waals surface area contributed by atoms with E-state index in [1.165, 1.54) is 35.2 Å². The van der Waals surface area contributed by atoms with E-state index in [-0.39, 0.29) is 6.04 Å². The Morgan fingerprint density at radius 1 is 0.857 bits per heavy atom. The molecule has 3 aromatic carbocycles. The van der Waals surface area contributed by atoms with Crippen LogP contribution < -0.4 is 4.90 Å². The zero-order chi connectivity index (χ0) is 18.5. The summed E-state index contributed by atoms with van der Waals surface area (Å²) >= 11 is 0. The van der Waals surface area contributed by atoms with Crippen LogP contribution in [0.4, 0.5) is 5.69 Å². The van der Waals surface area contributed by atoms with Gasteiger partial charge in [-0.3, -0.25) is 0 Å². The summed E-state index contributed by atoms with van der Waals surface area (Å²) in [6.45, 7) is 2.16. The van der Waals surface area contributed by atoms with Crippen LogP contribution in [0.25, 0.3) is 11.0 Å². The van der Waals surface area contributed by atoms with Crippen LogP contribution in [0.15, 0.2) is 72.8 Å². The van der Waals surface area contributed by atoms with Gasteiger partial charge in [0.05, 0.1) is 11.6 Å². The highest BCUT2D eigenvalue weighted by molar-refractivity contribution is 5.75. The lowest BCUT2D eigenvalue weighted by Gasteiger charge is -2.44. The molecule has 0 fully saturated rings. The second-order valence-corrected chi connectivity index (χ2v) is 7.89. The van der Waals surface area contributed by atoms with Gasteiger partial charge in [0.15, 0.2) is 0 Å². The Morgan fingerprint density at radius 2 is 1.71 bits per heavy atom. The zero-order valence-electron chi connectivity index (χ0n) is 15.7. The molecule has 28 heavy (non-hydrogen) atoms. The third-order valence-corrected chi connectivity index (χ3v) is 6.33. The first kappa shape index (κ1) is 15.9. The lowest BCUT2D eigenvalue weighted by atomic mass is 9.79. The first-order chi connectivity index (χ1) is 13.9. The van der Waals surface area contributed by atoms with E-state index in [0.29, 0.717) is 5.92 Å². The molecule has 2 aliphatic heterocycles. The van der Waals surface area contributed by atoms with Gasteiger partial charge < -0.3 is 4.90 Å². The molecule has 0 N–H and O–H groups in total. The molecule has 4 aromatic rings. The van der Waals surface area contributed by atoms with Gasteiger partial charge in [0.25, 0.3) is 0 Å². The number of hydrogen-bond donors (Lipinski definition) is 0. The molecule has 6 rings (SSSR count). The van der Waals surface area contributed by atoms with E-state index in [9.17, 15) is 0 Å². The first-order valence-corrected chi connectivity index (χ1v) is 10.1. The summed E-state index contributed by atoms with van der Waals surface area (Å²) in [4.78, 5) is 2.60. The van der Waals surface area contributed by atoms with Crippen LogP contribution in [0.3, 0.4) is 0 Å². The van der Waals surface area contributed by atoms with Gasteiger partial charge >= 0.3 is 0 Å². The standard InChI is InChI=1S/C24H22N4/c1-2-8-17(9-3-1)20-16-27-15-7-11-18-10-6-12-19(23(18)27)24(20)28-22-14-5-4-13-21(22)25-26-28/h1-6,8-10,12-14,20,24H,7,11,15-16H2/t20-,24-/m0/s1. The van der Waals surface area contributed by atoms with Gasteiger partial charge in [-0.2, -0.15) is 0 Å². The average molecular weight is 366 g/mol. The van der Waals surface area contributed by atoms with Crippen molar-refractivity contribution in [1.29, 1.82) is 0 Å². The van der Waals surface area contributed by atoms with E-state index in [1.54, 1.807) is 0 Å². The second-order valence-electron chi connectivity index (χ2n) is 7.89. The van der Waals surface area contributed by atoms with Crippen molar-refractivity contribution in [3.63, 3.8) is 0 Å². The Balaban J connectivity index is 1.62. The summed E-state index contributed by atoms with van der Waals surface area (Å²) in [6, 6.07) is 26.2. The molecule has 2 atom stereocenters. The molecule has 0 saturated heterocycles. The van der Waals surface area contributed by atoms with E-state index in [2.05, 4.69) is 80.6 Å². The van der Waals surface area contributed by atoms with Crippen LogP contribution in [0.2, 0.25) is 0 Å². The number of aryl methyl sites for hydroxylation is 1. The molecule has 3 heterocycles. The molecule has 0 amide bonds. The maximum absolute atomic E-state index is 4.64. The second kappa shape index (κ2) is 6.20. The van der Waals surface area contributed by atoms with Crippen LogP contribution in [0, 0.1) is 0 Å². The number of benzene rings is 3. The number of nitrogens with zero attached hydrogens (tertiary/aromatic N) is 4. The number of aromatic nitrogens is 3. The van der Waals surface area contributed by atoms with E-state index in [4.69, 9.17) is 0 Å². The van der Waals surface area contributed by atoms with Crippen molar-refractivity contribution in [2.24, 2.45) is 0 Å². The maximum atomic E-state index is 4.64. The van der Waals surface area contributed by atoms with Crippen LogP contribution in [0.5, 0.6) is 0 Å². The Hall–Kier alpha value is -3.14. The van der Waals surface area contributed by atoms with Gasteiger partial charge in [0.2, 0.25) is 0 Å². The fourth-order valence-electron chi connectivity index (χ4n) is 5.13. The number of rotatable bonds is 2. The number of fused-ring (bicyclic) bond motifs is 1. The maximum Gasteiger partial charge on any atom is 0.113 e. The van der Waals surface area contributed by atoms with Crippen LogP contribution >= 0.6 is 0 Å². The summed E-state index contributed by atoms with van der Waals surface area (Å²) in [5.41, 5.74) is 7.73. The molecule has 2 aliphatic rings. The number of hydrogen-bond acceptors (Lipinski definition) is 3. The van der Waals surface area contributed by atoms with Crippen LogP contribution in [-0.4, -0.2) is 28.1 Å². The summed E-state index contributed by atoms with van der Waals surface area (Å²) < 4.78 is 2.16. The molecule has 4 nitrogen and oxygen atoms in total. The van der Waals surface area contributed by atoms with E-state index in [1.807, 2.05) is 12.1 Å². The fraction of sp³-hybridized carbons (Fsp3) is 0.250. The van der Waals surface area contributed by atoms with E-state index >= 15 is 0 Å². The third kappa shape index (κ3) is 2.30. The van der Waals surface area contributed by atoms with Crippen molar-refractivity contribution in [1.82, 2.24) is 15.0 Å². The zero-order valence-corrected chi connectivity index (χ0v) is 15.7. The van der Waals surface area contributed by atoms with Gasteiger partial charge in [-0.15, -0.1) is 5.10 Å². The molecule has 0 radical (unpaired) electrons. The van der Waals surface area contributed by atoms with E-state index in [0.717, 1.165) is 24.1 Å². The largest absolute Gasteiger partial charge is 0.370 e. The topological polar surface area (TPSA) is 34.0 Å². The first-order valence-electron chi connectivity index (χ1n) is 10.1. The van der Waals surface area contributed by atoms with Gasteiger partial charge in [0, 0.05) is 30.3 Å². The molecule has 0 saturated carbocycles. The molecule has 138 valence electrons. The summed E-state index contributed by atoms with van der Waals surface area (Å²) in [5, 5.41) is 9.11. The van der Waals surface area contributed by atoms with Crippen molar-refractivity contribution in [3.05, 3.63) is 89.5 Å². The highest BCUT2D eigenvalue weighted by Gasteiger charge is 2.38. The minimum Gasteiger partial charge on any atom is -0.370 e. The summed E-state index contributed by atoms with van der Waals surface area (Å²) in [6.07, 6.45) is 2.40. The Bertz CT molecular complexity index is 1150. The van der Waals surface area contributed by atoms with Gasteiger partial charge in [-0.25, -0.2) is 4.68 Å². The van der Waals surface area contributed by atoms with E-state index < -0.39 is 0 Å². The Morgan fingerprint density at radius 3 is 2.64 bits per heavy atom. The third-order valence-electron chi connectivity index (χ3n) is 6.33.